The van der Waals surface area contributed by atoms with Crippen LogP contribution in [0.15, 0.2) is 46.9 Å². The smallest absolute Gasteiger partial charge is 0.299 e. The van der Waals surface area contributed by atoms with Crippen LogP contribution in [0.4, 0.5) is 17.1 Å². The van der Waals surface area contributed by atoms with Gasteiger partial charge in [0.25, 0.3) is 17.3 Å². The predicted molar refractivity (Wildman–Crippen MR) is 92.6 cm³/mol. The van der Waals surface area contributed by atoms with Crippen LogP contribution in [0.5, 0.6) is 5.75 Å². The Hall–Kier alpha value is -3.01. The lowest BCUT2D eigenvalue weighted by Gasteiger charge is -2.14. The molecule has 10 heteroatoms. The number of benzene rings is 2. The molecule has 0 heterocycles. The van der Waals surface area contributed by atoms with Gasteiger partial charge in [0.15, 0.2) is 6.10 Å². The first-order chi connectivity index (χ1) is 11.8. The van der Waals surface area contributed by atoms with Crippen LogP contribution in [0.1, 0.15) is 6.92 Å². The number of ether oxygens (including phenoxy) is 1. The first-order valence-electron chi connectivity index (χ1n) is 6.94. The van der Waals surface area contributed by atoms with Gasteiger partial charge in [-0.1, -0.05) is 15.9 Å². The van der Waals surface area contributed by atoms with Gasteiger partial charge in [0.1, 0.15) is 11.4 Å². The van der Waals surface area contributed by atoms with E-state index >= 15 is 0 Å². The number of anilines is 1. The van der Waals surface area contributed by atoms with E-state index in [1.54, 1.807) is 24.3 Å². The van der Waals surface area contributed by atoms with Crippen molar-refractivity contribution in [3.05, 3.63) is 67.2 Å². The van der Waals surface area contributed by atoms with Gasteiger partial charge in [-0.05, 0) is 37.3 Å². The number of non-ortho nitro benzene ring substituents is 1. The Balaban J connectivity index is 2.14. The van der Waals surface area contributed by atoms with Crippen LogP contribution in [-0.2, 0) is 4.79 Å². The van der Waals surface area contributed by atoms with E-state index in [0.717, 1.165) is 22.7 Å². The van der Waals surface area contributed by atoms with Gasteiger partial charge >= 0.3 is 0 Å². The monoisotopic (exact) mass is 409 g/mol. The number of nitrogens with zero attached hydrogens (tertiary/aromatic N) is 2. The lowest BCUT2D eigenvalue weighted by molar-refractivity contribution is -0.393. The summed E-state index contributed by atoms with van der Waals surface area (Å²) in [5.74, 6) is -0.177. The van der Waals surface area contributed by atoms with Gasteiger partial charge in [-0.2, -0.15) is 0 Å². The minimum atomic E-state index is -0.934. The topological polar surface area (TPSA) is 125 Å². The van der Waals surface area contributed by atoms with Crippen LogP contribution in [0, 0.1) is 20.2 Å². The van der Waals surface area contributed by atoms with Gasteiger partial charge in [0.2, 0.25) is 0 Å². The van der Waals surface area contributed by atoms with Crippen molar-refractivity contribution in [2.24, 2.45) is 0 Å². The van der Waals surface area contributed by atoms with Crippen LogP contribution in [0.2, 0.25) is 0 Å². The highest BCUT2D eigenvalue weighted by molar-refractivity contribution is 9.10. The summed E-state index contributed by atoms with van der Waals surface area (Å²) in [6, 6.07) is 9.76. The number of nitro groups is 2. The number of amides is 1. The third kappa shape index (κ3) is 4.73. The highest BCUT2D eigenvalue weighted by atomic mass is 79.9. The number of hydrogen-bond acceptors (Lipinski definition) is 6. The lowest BCUT2D eigenvalue weighted by Crippen LogP contribution is -2.30. The van der Waals surface area contributed by atoms with E-state index in [1.807, 2.05) is 0 Å². The van der Waals surface area contributed by atoms with Crippen molar-refractivity contribution < 1.29 is 19.4 Å². The van der Waals surface area contributed by atoms with Gasteiger partial charge in [0, 0.05) is 10.5 Å². The fourth-order valence-corrected chi connectivity index (χ4v) is 2.16. The predicted octanol–water partition coefficient (Wildman–Crippen LogP) is 3.67. The average molecular weight is 410 g/mol. The van der Waals surface area contributed by atoms with Crippen molar-refractivity contribution in [3.8, 4) is 5.75 Å². The van der Waals surface area contributed by atoms with Gasteiger partial charge in [-0.3, -0.25) is 25.0 Å². The maximum absolute atomic E-state index is 12.2. The van der Waals surface area contributed by atoms with E-state index in [2.05, 4.69) is 21.2 Å². The molecule has 2 rings (SSSR count). The average Bonchev–Trinajstić information content (AvgIpc) is 2.56. The third-order valence-electron chi connectivity index (χ3n) is 3.14. The van der Waals surface area contributed by atoms with Crippen molar-refractivity contribution in [2.75, 3.05) is 5.32 Å². The van der Waals surface area contributed by atoms with E-state index in [1.165, 1.54) is 6.92 Å². The molecule has 0 aliphatic heterocycles. The number of halogens is 1. The Kier molecular flexibility index (Phi) is 5.65. The molecule has 1 atom stereocenters. The fourth-order valence-electron chi connectivity index (χ4n) is 1.90. The number of nitrogens with one attached hydrogen (secondary N) is 1. The second kappa shape index (κ2) is 7.71. The molecule has 1 amide bonds. The molecule has 1 unspecified atom stereocenters. The quantitative estimate of drug-likeness (QED) is 0.572. The van der Waals surface area contributed by atoms with Gasteiger partial charge in [-0.25, -0.2) is 0 Å². The maximum atomic E-state index is 12.2. The molecule has 1 N–H and O–H groups in total. The normalized spacial score (nSPS) is 11.4. The van der Waals surface area contributed by atoms with Crippen molar-refractivity contribution >= 4 is 38.9 Å². The van der Waals surface area contributed by atoms with Crippen molar-refractivity contribution in [3.63, 3.8) is 0 Å². The molecular weight excluding hydrogens is 398 g/mol. The number of carbonyl (C=O) groups is 1. The summed E-state index contributed by atoms with van der Waals surface area (Å²) in [5.41, 5.74) is -1.16. The van der Waals surface area contributed by atoms with Crippen LogP contribution >= 0.6 is 15.9 Å². The van der Waals surface area contributed by atoms with E-state index in [4.69, 9.17) is 4.74 Å². The molecule has 0 aliphatic rings. The molecule has 0 aliphatic carbocycles. The molecule has 130 valence electrons. The Morgan fingerprint density at radius 2 is 1.76 bits per heavy atom. The lowest BCUT2D eigenvalue weighted by atomic mass is 10.2. The highest BCUT2D eigenvalue weighted by Crippen LogP contribution is 2.29. The Morgan fingerprint density at radius 1 is 1.12 bits per heavy atom. The van der Waals surface area contributed by atoms with Crippen LogP contribution in [-0.4, -0.2) is 21.9 Å². The largest absolute Gasteiger partial charge is 0.481 e. The standard InChI is InChI=1S/C15H12BrN3O6/c1-9(25-12-5-2-10(16)3-6-12)15(20)17-13-7-4-11(18(21)22)8-14(13)19(23)24/h2-9H,1H3,(H,17,20). The van der Waals surface area contributed by atoms with Crippen LogP contribution < -0.4 is 10.1 Å². The van der Waals surface area contributed by atoms with E-state index in [9.17, 15) is 25.0 Å². The summed E-state index contributed by atoms with van der Waals surface area (Å²) in [6.07, 6.45) is -0.934. The van der Waals surface area contributed by atoms with Gasteiger partial charge in [-0.15, -0.1) is 0 Å². The second-order valence-electron chi connectivity index (χ2n) is 4.92. The third-order valence-corrected chi connectivity index (χ3v) is 3.67. The summed E-state index contributed by atoms with van der Waals surface area (Å²) < 4.78 is 6.30. The van der Waals surface area contributed by atoms with Crippen molar-refractivity contribution in [1.82, 2.24) is 0 Å². The summed E-state index contributed by atoms with van der Waals surface area (Å²) in [7, 11) is 0. The Morgan fingerprint density at radius 3 is 2.32 bits per heavy atom. The van der Waals surface area contributed by atoms with Gasteiger partial charge < -0.3 is 10.1 Å². The van der Waals surface area contributed by atoms with E-state index < -0.39 is 33.2 Å². The fraction of sp³-hybridized carbons (Fsp3) is 0.133. The molecule has 0 spiro atoms. The Labute approximate surface area is 150 Å². The summed E-state index contributed by atoms with van der Waals surface area (Å²) >= 11 is 3.28. The number of rotatable bonds is 6. The molecule has 9 nitrogen and oxygen atoms in total. The molecule has 0 saturated heterocycles. The summed E-state index contributed by atoms with van der Waals surface area (Å²) in [5, 5.41) is 24.1. The molecule has 0 bridgehead atoms. The molecule has 0 fully saturated rings. The molecule has 25 heavy (non-hydrogen) atoms. The molecular formula is C15H12BrN3O6. The first-order valence-corrected chi connectivity index (χ1v) is 7.73. The summed E-state index contributed by atoms with van der Waals surface area (Å²) in [6.45, 7) is 1.48. The zero-order valence-corrected chi connectivity index (χ0v) is 14.4. The molecule has 2 aromatic carbocycles. The molecule has 0 aromatic heterocycles. The maximum Gasteiger partial charge on any atom is 0.299 e. The van der Waals surface area contributed by atoms with E-state index in [0.29, 0.717) is 5.75 Å². The number of hydrogen-bond donors (Lipinski definition) is 1. The second-order valence-corrected chi connectivity index (χ2v) is 5.83. The number of carbonyl (C=O) groups excluding carboxylic acids is 1. The number of nitro benzene ring substituents is 2. The summed E-state index contributed by atoms with van der Waals surface area (Å²) in [4.78, 5) is 32.4. The minimum absolute atomic E-state index is 0.146. The first kappa shape index (κ1) is 18.3. The minimum Gasteiger partial charge on any atom is -0.481 e. The van der Waals surface area contributed by atoms with Crippen LogP contribution in [0.3, 0.4) is 0 Å². The van der Waals surface area contributed by atoms with Crippen molar-refractivity contribution in [2.45, 2.75) is 13.0 Å². The molecule has 2 aromatic rings. The Bertz CT molecular complexity index is 825. The molecule has 0 saturated carbocycles. The van der Waals surface area contributed by atoms with Crippen molar-refractivity contribution in [1.29, 1.82) is 0 Å². The highest BCUT2D eigenvalue weighted by Gasteiger charge is 2.23. The van der Waals surface area contributed by atoms with E-state index in [-0.39, 0.29) is 5.69 Å². The van der Waals surface area contributed by atoms with Crippen LogP contribution in [0.25, 0.3) is 0 Å². The molecule has 0 radical (unpaired) electrons. The zero-order valence-electron chi connectivity index (χ0n) is 12.8. The zero-order chi connectivity index (χ0) is 18.6. The SMILES string of the molecule is CC(Oc1ccc(Br)cc1)C(=O)Nc1ccc([N+](=O)[O-])cc1[N+](=O)[O-]. The van der Waals surface area contributed by atoms with Gasteiger partial charge in [0.05, 0.1) is 15.9 Å².